The van der Waals surface area contributed by atoms with E-state index in [4.69, 9.17) is 14.2 Å². The van der Waals surface area contributed by atoms with E-state index < -0.39 is 6.10 Å². The lowest BCUT2D eigenvalue weighted by Gasteiger charge is -2.19. The molecular weight excluding hydrogens is 410 g/mol. The molecule has 0 aromatic heterocycles. The van der Waals surface area contributed by atoms with Gasteiger partial charge in [0.2, 0.25) is 0 Å². The molecule has 1 amide bonds. The molecule has 1 heterocycles. The van der Waals surface area contributed by atoms with Crippen molar-refractivity contribution in [3.8, 4) is 17.2 Å². The molecule has 1 saturated heterocycles. The lowest BCUT2D eigenvalue weighted by atomic mass is 10.1. The van der Waals surface area contributed by atoms with Gasteiger partial charge in [-0.25, -0.2) is 0 Å². The van der Waals surface area contributed by atoms with Crippen molar-refractivity contribution in [3.63, 3.8) is 0 Å². The lowest BCUT2D eigenvalue weighted by Crippen LogP contribution is -2.32. The number of amides is 1. The van der Waals surface area contributed by atoms with Crippen molar-refractivity contribution < 1.29 is 19.0 Å². The van der Waals surface area contributed by atoms with Crippen molar-refractivity contribution in [1.29, 1.82) is 0 Å². The monoisotopic (exact) mass is 441 g/mol. The molecule has 5 nitrogen and oxygen atoms in total. The van der Waals surface area contributed by atoms with Crippen LogP contribution in [0.15, 0.2) is 42.5 Å². The molecule has 1 aliphatic carbocycles. The van der Waals surface area contributed by atoms with Gasteiger partial charge < -0.3 is 19.1 Å². The number of carbonyl (C=O) groups excluding carboxylic acids is 1. The summed E-state index contributed by atoms with van der Waals surface area (Å²) in [4.78, 5) is 14.8. The predicted molar refractivity (Wildman–Crippen MR) is 126 cm³/mol. The molecule has 0 N–H and O–H groups in total. The standard InChI is InChI=1S/C25H31NO4S/c1-3-31-16-4-15-29-22-12-9-20(17-24(22)28-2)26-14-13-23(25(26)27)30-21-10-7-19(8-11-21)18-5-6-18/h7-12,17-18,23H,3-6,13-16H2,1-2H3. The number of hydrogen-bond donors (Lipinski definition) is 0. The van der Waals surface area contributed by atoms with Crippen LogP contribution in [0, 0.1) is 0 Å². The van der Waals surface area contributed by atoms with Gasteiger partial charge in [-0.3, -0.25) is 4.79 Å². The Kier molecular flexibility index (Phi) is 7.28. The highest BCUT2D eigenvalue weighted by molar-refractivity contribution is 7.99. The van der Waals surface area contributed by atoms with E-state index in [1.165, 1.54) is 18.4 Å². The maximum atomic E-state index is 13.0. The first-order chi connectivity index (χ1) is 15.2. The van der Waals surface area contributed by atoms with E-state index in [9.17, 15) is 4.79 Å². The number of nitrogens with zero attached hydrogens (tertiary/aromatic N) is 1. The van der Waals surface area contributed by atoms with Gasteiger partial charge in [-0.2, -0.15) is 11.8 Å². The minimum absolute atomic E-state index is 0.0152. The summed E-state index contributed by atoms with van der Waals surface area (Å²) in [6, 6.07) is 13.9. The SMILES string of the molecule is CCSCCCOc1ccc(N2CCC(Oc3ccc(C4CC4)cc3)C2=O)cc1OC. The summed E-state index contributed by atoms with van der Waals surface area (Å²) in [5, 5.41) is 0. The topological polar surface area (TPSA) is 48.0 Å². The van der Waals surface area contributed by atoms with Gasteiger partial charge in [0.15, 0.2) is 17.6 Å². The number of rotatable bonds is 11. The van der Waals surface area contributed by atoms with Gasteiger partial charge >= 0.3 is 0 Å². The third-order valence-corrected chi connectivity index (χ3v) is 6.70. The van der Waals surface area contributed by atoms with Gasteiger partial charge in [-0.1, -0.05) is 19.1 Å². The fourth-order valence-corrected chi connectivity index (χ4v) is 4.46. The Morgan fingerprint density at radius 1 is 1.06 bits per heavy atom. The van der Waals surface area contributed by atoms with E-state index in [1.807, 2.05) is 42.1 Å². The van der Waals surface area contributed by atoms with E-state index in [0.29, 0.717) is 31.1 Å². The number of methoxy groups -OCH3 is 1. The first kappa shape index (κ1) is 21.9. The summed E-state index contributed by atoms with van der Waals surface area (Å²) in [5.74, 6) is 5.03. The highest BCUT2D eigenvalue weighted by Gasteiger charge is 2.35. The molecule has 0 spiro atoms. The summed E-state index contributed by atoms with van der Waals surface area (Å²) >= 11 is 1.91. The van der Waals surface area contributed by atoms with Crippen molar-refractivity contribution in [2.45, 2.75) is 44.6 Å². The van der Waals surface area contributed by atoms with Gasteiger partial charge in [0.25, 0.3) is 5.91 Å². The molecule has 6 heteroatoms. The molecule has 2 fully saturated rings. The molecule has 1 atom stereocenters. The van der Waals surface area contributed by atoms with Gasteiger partial charge in [-0.05, 0) is 66.5 Å². The van der Waals surface area contributed by atoms with E-state index in [2.05, 4.69) is 19.1 Å². The quantitative estimate of drug-likeness (QED) is 0.444. The predicted octanol–water partition coefficient (Wildman–Crippen LogP) is 5.28. The van der Waals surface area contributed by atoms with Gasteiger partial charge in [0.1, 0.15) is 5.75 Å². The van der Waals surface area contributed by atoms with Crippen LogP contribution in [0.2, 0.25) is 0 Å². The molecule has 31 heavy (non-hydrogen) atoms. The van der Waals surface area contributed by atoms with Crippen LogP contribution < -0.4 is 19.1 Å². The van der Waals surface area contributed by atoms with Crippen LogP contribution in [0.5, 0.6) is 17.2 Å². The fourth-order valence-electron chi connectivity index (χ4n) is 3.85. The maximum Gasteiger partial charge on any atom is 0.268 e. The molecular formula is C25H31NO4S. The Labute approximate surface area is 189 Å². The summed E-state index contributed by atoms with van der Waals surface area (Å²) in [6.45, 7) is 3.44. The molecule has 2 aliphatic rings. The number of carbonyl (C=O) groups is 1. The highest BCUT2D eigenvalue weighted by Crippen LogP contribution is 2.40. The average Bonchev–Trinajstić information content (AvgIpc) is 3.59. The van der Waals surface area contributed by atoms with Crippen LogP contribution >= 0.6 is 11.8 Å². The molecule has 4 rings (SSSR count). The number of anilines is 1. The minimum atomic E-state index is -0.454. The average molecular weight is 442 g/mol. The van der Waals surface area contributed by atoms with Gasteiger partial charge in [-0.15, -0.1) is 0 Å². The second kappa shape index (κ2) is 10.3. The van der Waals surface area contributed by atoms with Crippen molar-refractivity contribution in [2.75, 3.05) is 36.7 Å². The van der Waals surface area contributed by atoms with Crippen LogP contribution in [-0.2, 0) is 4.79 Å². The molecule has 2 aromatic rings. The van der Waals surface area contributed by atoms with Crippen molar-refractivity contribution in [3.05, 3.63) is 48.0 Å². The van der Waals surface area contributed by atoms with E-state index in [0.717, 1.165) is 35.3 Å². The van der Waals surface area contributed by atoms with E-state index in [-0.39, 0.29) is 5.91 Å². The fraction of sp³-hybridized carbons (Fsp3) is 0.480. The third-order valence-electron chi connectivity index (χ3n) is 5.72. The number of benzene rings is 2. The number of thioether (sulfide) groups is 1. The lowest BCUT2D eigenvalue weighted by molar-refractivity contribution is -0.122. The highest BCUT2D eigenvalue weighted by atomic mass is 32.2. The number of hydrogen-bond acceptors (Lipinski definition) is 5. The zero-order valence-corrected chi connectivity index (χ0v) is 19.2. The van der Waals surface area contributed by atoms with Crippen molar-refractivity contribution in [2.24, 2.45) is 0 Å². The van der Waals surface area contributed by atoms with Crippen LogP contribution in [0.25, 0.3) is 0 Å². The minimum Gasteiger partial charge on any atom is -0.493 e. The summed E-state index contributed by atoms with van der Waals surface area (Å²) < 4.78 is 17.4. The smallest absolute Gasteiger partial charge is 0.268 e. The van der Waals surface area contributed by atoms with E-state index in [1.54, 1.807) is 12.0 Å². The zero-order valence-electron chi connectivity index (χ0n) is 18.3. The Morgan fingerprint density at radius 3 is 2.58 bits per heavy atom. The van der Waals surface area contributed by atoms with Gasteiger partial charge in [0, 0.05) is 24.7 Å². The van der Waals surface area contributed by atoms with Crippen molar-refractivity contribution >= 4 is 23.4 Å². The molecule has 1 saturated carbocycles. The summed E-state index contributed by atoms with van der Waals surface area (Å²) in [6.07, 6.45) is 3.76. The maximum absolute atomic E-state index is 13.0. The summed E-state index contributed by atoms with van der Waals surface area (Å²) in [7, 11) is 1.63. The Bertz CT molecular complexity index is 882. The summed E-state index contributed by atoms with van der Waals surface area (Å²) in [5.41, 5.74) is 2.18. The molecule has 2 aromatic carbocycles. The Balaban J connectivity index is 1.36. The first-order valence-corrected chi connectivity index (χ1v) is 12.3. The second-order valence-corrected chi connectivity index (χ2v) is 9.36. The van der Waals surface area contributed by atoms with Crippen LogP contribution in [-0.4, -0.2) is 43.8 Å². The van der Waals surface area contributed by atoms with Crippen molar-refractivity contribution in [1.82, 2.24) is 0 Å². The molecule has 166 valence electrons. The molecule has 1 unspecified atom stereocenters. The van der Waals surface area contributed by atoms with Crippen LogP contribution in [0.3, 0.4) is 0 Å². The number of ether oxygens (including phenoxy) is 3. The normalized spacial score (nSPS) is 18.3. The Morgan fingerprint density at radius 2 is 1.87 bits per heavy atom. The second-order valence-electron chi connectivity index (χ2n) is 7.96. The molecule has 1 aliphatic heterocycles. The first-order valence-electron chi connectivity index (χ1n) is 11.2. The van der Waals surface area contributed by atoms with E-state index >= 15 is 0 Å². The molecule has 0 radical (unpaired) electrons. The Hall–Kier alpha value is -2.34. The zero-order chi connectivity index (χ0) is 21.6. The van der Waals surface area contributed by atoms with Crippen LogP contribution in [0.1, 0.15) is 44.1 Å². The third kappa shape index (κ3) is 5.48. The van der Waals surface area contributed by atoms with Crippen LogP contribution in [0.4, 0.5) is 5.69 Å². The van der Waals surface area contributed by atoms with Gasteiger partial charge in [0.05, 0.1) is 13.7 Å². The largest absolute Gasteiger partial charge is 0.493 e. The molecule has 0 bridgehead atoms.